The maximum Gasteiger partial charge on any atom is 0.306 e. The fourth-order valence-corrected chi connectivity index (χ4v) is 3.09. The van der Waals surface area contributed by atoms with Crippen LogP contribution < -0.4 is 10.1 Å². The number of aliphatic carboxylic acids is 1. The van der Waals surface area contributed by atoms with Crippen LogP contribution in [0.1, 0.15) is 45.1 Å². The van der Waals surface area contributed by atoms with Crippen LogP contribution in [0.15, 0.2) is 24.3 Å². The molecule has 0 bridgehead atoms. The van der Waals surface area contributed by atoms with Crippen LogP contribution in [0.5, 0.6) is 5.75 Å². The molecule has 0 radical (unpaired) electrons. The summed E-state index contributed by atoms with van der Waals surface area (Å²) < 4.78 is 5.30. The van der Waals surface area contributed by atoms with Crippen molar-refractivity contribution in [2.75, 3.05) is 13.7 Å². The number of carbonyl (C=O) groups is 1. The van der Waals surface area contributed by atoms with E-state index in [9.17, 15) is 4.79 Å². The van der Waals surface area contributed by atoms with Crippen molar-refractivity contribution < 1.29 is 14.6 Å². The molecule has 0 atom stereocenters. The molecule has 0 unspecified atom stereocenters. The molecule has 0 amide bonds. The van der Waals surface area contributed by atoms with Crippen molar-refractivity contribution in [2.45, 2.75) is 51.0 Å². The van der Waals surface area contributed by atoms with Crippen LogP contribution >= 0.6 is 0 Å². The normalized spacial score (nSPS) is 22.3. The number of benzene rings is 1. The Bertz CT molecular complexity index is 505. The minimum Gasteiger partial charge on any atom is -0.497 e. The summed E-state index contributed by atoms with van der Waals surface area (Å²) in [4.78, 5) is 11.0. The van der Waals surface area contributed by atoms with Crippen molar-refractivity contribution in [1.29, 1.82) is 0 Å². The largest absolute Gasteiger partial charge is 0.497 e. The van der Waals surface area contributed by atoms with Gasteiger partial charge in [0, 0.05) is 18.0 Å². The first-order valence-electron chi connectivity index (χ1n) is 8.03. The molecule has 4 nitrogen and oxygen atoms in total. The predicted octanol–water partition coefficient (Wildman–Crippen LogP) is 3.21. The third-order valence-electron chi connectivity index (χ3n) is 4.76. The van der Waals surface area contributed by atoms with E-state index in [1.165, 1.54) is 5.56 Å². The lowest BCUT2D eigenvalue weighted by molar-refractivity contribution is -0.142. The highest BCUT2D eigenvalue weighted by atomic mass is 16.5. The third-order valence-corrected chi connectivity index (χ3v) is 4.76. The van der Waals surface area contributed by atoms with Gasteiger partial charge >= 0.3 is 5.97 Å². The highest BCUT2D eigenvalue weighted by Gasteiger charge is 2.28. The van der Waals surface area contributed by atoms with Crippen molar-refractivity contribution >= 4 is 5.97 Å². The summed E-state index contributed by atoms with van der Waals surface area (Å²) in [6.45, 7) is 5.32. The summed E-state index contributed by atoms with van der Waals surface area (Å²) in [6, 6.07) is 8.63. The van der Waals surface area contributed by atoms with Gasteiger partial charge in [0.25, 0.3) is 0 Å². The summed E-state index contributed by atoms with van der Waals surface area (Å²) in [5, 5.41) is 12.7. The van der Waals surface area contributed by atoms with Gasteiger partial charge in [0.05, 0.1) is 13.0 Å². The van der Waals surface area contributed by atoms with E-state index in [-0.39, 0.29) is 11.3 Å². The smallest absolute Gasteiger partial charge is 0.306 e. The monoisotopic (exact) mass is 305 g/mol. The molecule has 1 aromatic rings. The fraction of sp³-hybridized carbons (Fsp3) is 0.611. The van der Waals surface area contributed by atoms with Gasteiger partial charge in [0.2, 0.25) is 0 Å². The van der Waals surface area contributed by atoms with E-state index in [1.54, 1.807) is 7.11 Å². The summed E-state index contributed by atoms with van der Waals surface area (Å²) in [6.07, 6.45) is 3.47. The molecule has 1 aromatic carbocycles. The molecule has 1 aliphatic carbocycles. The van der Waals surface area contributed by atoms with Gasteiger partial charge < -0.3 is 15.2 Å². The van der Waals surface area contributed by atoms with Crippen LogP contribution in [0.25, 0.3) is 0 Å². The van der Waals surface area contributed by atoms with Gasteiger partial charge in [0.15, 0.2) is 0 Å². The lowest BCUT2D eigenvalue weighted by atomic mass is 9.82. The average Bonchev–Trinajstić information content (AvgIpc) is 2.53. The highest BCUT2D eigenvalue weighted by Crippen LogP contribution is 2.28. The molecule has 4 heteroatoms. The maximum absolute atomic E-state index is 11.0. The Kier molecular flexibility index (Phi) is 5.46. The molecule has 1 saturated carbocycles. The van der Waals surface area contributed by atoms with E-state index >= 15 is 0 Å². The molecule has 2 N–H and O–H groups in total. The lowest BCUT2D eigenvalue weighted by Gasteiger charge is -2.32. The first kappa shape index (κ1) is 16.8. The summed E-state index contributed by atoms with van der Waals surface area (Å²) in [7, 11) is 1.69. The van der Waals surface area contributed by atoms with E-state index in [0.717, 1.165) is 38.0 Å². The quantitative estimate of drug-likeness (QED) is 0.847. The molecule has 0 aromatic heterocycles. The first-order chi connectivity index (χ1) is 10.4. The van der Waals surface area contributed by atoms with E-state index in [2.05, 4.69) is 31.3 Å². The Morgan fingerprint density at radius 3 is 2.59 bits per heavy atom. The zero-order chi connectivity index (χ0) is 16.2. The van der Waals surface area contributed by atoms with Crippen molar-refractivity contribution in [1.82, 2.24) is 5.32 Å². The Hall–Kier alpha value is -1.55. The Morgan fingerprint density at radius 2 is 2.00 bits per heavy atom. The van der Waals surface area contributed by atoms with Crippen molar-refractivity contribution in [2.24, 2.45) is 5.92 Å². The van der Waals surface area contributed by atoms with Gasteiger partial charge in [-0.25, -0.2) is 0 Å². The van der Waals surface area contributed by atoms with Crippen molar-refractivity contribution in [3.8, 4) is 5.75 Å². The number of ether oxygens (including phenoxy) is 1. The van der Waals surface area contributed by atoms with Gasteiger partial charge in [0.1, 0.15) is 5.75 Å². The molecule has 0 saturated heterocycles. The molecule has 2 rings (SSSR count). The molecule has 0 spiro atoms. The molecular weight excluding hydrogens is 278 g/mol. The van der Waals surface area contributed by atoms with Gasteiger partial charge in [-0.05, 0) is 43.4 Å². The average molecular weight is 305 g/mol. The minimum absolute atomic E-state index is 0.0121. The summed E-state index contributed by atoms with van der Waals surface area (Å²) >= 11 is 0. The number of carboxylic acids is 1. The molecule has 0 aliphatic heterocycles. The second kappa shape index (κ2) is 7.14. The maximum atomic E-state index is 11.0. The minimum atomic E-state index is -0.643. The number of rotatable bonds is 6. The Labute approximate surface area is 132 Å². The van der Waals surface area contributed by atoms with E-state index in [1.807, 2.05) is 12.1 Å². The van der Waals surface area contributed by atoms with Crippen molar-refractivity contribution in [3.63, 3.8) is 0 Å². The molecule has 1 fully saturated rings. The highest BCUT2D eigenvalue weighted by molar-refractivity contribution is 5.70. The second-order valence-electron chi connectivity index (χ2n) is 6.88. The lowest BCUT2D eigenvalue weighted by Crippen LogP contribution is -2.41. The van der Waals surface area contributed by atoms with Crippen LogP contribution in [0.3, 0.4) is 0 Å². The molecule has 22 heavy (non-hydrogen) atoms. The second-order valence-corrected chi connectivity index (χ2v) is 6.88. The topological polar surface area (TPSA) is 58.6 Å². The predicted molar refractivity (Wildman–Crippen MR) is 87.4 cm³/mol. The Morgan fingerprint density at radius 1 is 1.32 bits per heavy atom. The molecule has 0 heterocycles. The molecule has 1 aliphatic rings. The SMILES string of the molecule is COc1cccc(C(C)(C)CNC2CCC(C(=O)O)CC2)c1. The standard InChI is InChI=1S/C18H27NO3/c1-18(2,14-5-4-6-16(11-14)22-3)12-19-15-9-7-13(8-10-15)17(20)21/h4-6,11,13,15,19H,7-10,12H2,1-3H3,(H,20,21). The van der Waals surface area contributed by atoms with Crippen LogP contribution in [-0.2, 0) is 10.2 Å². The van der Waals surface area contributed by atoms with Crippen LogP contribution in [0.4, 0.5) is 0 Å². The number of methoxy groups -OCH3 is 1. The summed E-state index contributed by atoms with van der Waals surface area (Å²) in [5.74, 6) is 0.0900. The van der Waals surface area contributed by atoms with E-state index < -0.39 is 5.97 Å². The van der Waals surface area contributed by atoms with Gasteiger partial charge in [-0.3, -0.25) is 4.79 Å². The number of hydrogen-bond donors (Lipinski definition) is 2. The van der Waals surface area contributed by atoms with E-state index in [4.69, 9.17) is 9.84 Å². The zero-order valence-electron chi connectivity index (χ0n) is 13.8. The van der Waals surface area contributed by atoms with Crippen LogP contribution in [-0.4, -0.2) is 30.8 Å². The van der Waals surface area contributed by atoms with Crippen molar-refractivity contribution in [3.05, 3.63) is 29.8 Å². The van der Waals surface area contributed by atoms with Gasteiger partial charge in [-0.2, -0.15) is 0 Å². The number of carboxylic acid groups (broad SMARTS) is 1. The van der Waals surface area contributed by atoms with Gasteiger partial charge in [-0.15, -0.1) is 0 Å². The van der Waals surface area contributed by atoms with Crippen LogP contribution in [0.2, 0.25) is 0 Å². The summed E-state index contributed by atoms with van der Waals surface area (Å²) in [5.41, 5.74) is 1.26. The van der Waals surface area contributed by atoms with E-state index in [0.29, 0.717) is 6.04 Å². The van der Waals surface area contributed by atoms with Crippen LogP contribution in [0, 0.1) is 5.92 Å². The first-order valence-corrected chi connectivity index (χ1v) is 8.03. The van der Waals surface area contributed by atoms with Gasteiger partial charge in [-0.1, -0.05) is 26.0 Å². The number of hydrogen-bond acceptors (Lipinski definition) is 3. The Balaban J connectivity index is 1.88. The fourth-order valence-electron chi connectivity index (χ4n) is 3.09. The molecule has 122 valence electrons. The number of nitrogens with one attached hydrogen (secondary N) is 1. The zero-order valence-corrected chi connectivity index (χ0v) is 13.8. The molecular formula is C18H27NO3. The third kappa shape index (κ3) is 4.23.